The maximum atomic E-state index is 13.7. The number of unbranched alkanes of at least 4 members (excludes halogenated alkanes) is 1. The summed E-state index contributed by atoms with van der Waals surface area (Å²) >= 11 is 0. The van der Waals surface area contributed by atoms with E-state index in [9.17, 15) is 14.0 Å². The molecule has 0 spiro atoms. The van der Waals surface area contributed by atoms with E-state index < -0.39 is 23.7 Å². The smallest absolute Gasteiger partial charge is 0.326 e. The number of carboxylic acid groups (broad SMARTS) is 1. The highest BCUT2D eigenvalue weighted by Gasteiger charge is 2.21. The van der Waals surface area contributed by atoms with E-state index in [0.717, 1.165) is 6.42 Å². The van der Waals surface area contributed by atoms with Gasteiger partial charge in [-0.3, -0.25) is 4.79 Å². The number of amides is 1. The molecule has 0 saturated heterocycles. The SMILES string of the molecule is CCCC[C@H](NC(=O)c1cccc(C)c1F)C(=O)O. The first-order chi connectivity index (χ1) is 8.97. The van der Waals surface area contributed by atoms with Crippen LogP contribution in [0.15, 0.2) is 18.2 Å². The van der Waals surface area contributed by atoms with Crippen LogP contribution in [-0.2, 0) is 4.79 Å². The van der Waals surface area contributed by atoms with Gasteiger partial charge in [0.05, 0.1) is 5.56 Å². The Hall–Kier alpha value is -1.91. The molecule has 0 aromatic heterocycles. The van der Waals surface area contributed by atoms with E-state index in [1.54, 1.807) is 19.1 Å². The number of nitrogens with one attached hydrogen (secondary N) is 1. The van der Waals surface area contributed by atoms with E-state index in [1.807, 2.05) is 6.92 Å². The number of carboxylic acids is 1. The molecular formula is C14H18FNO3. The topological polar surface area (TPSA) is 66.4 Å². The Morgan fingerprint density at radius 2 is 2.11 bits per heavy atom. The van der Waals surface area contributed by atoms with E-state index in [0.29, 0.717) is 18.4 Å². The number of hydrogen-bond donors (Lipinski definition) is 2. The zero-order valence-corrected chi connectivity index (χ0v) is 11.1. The molecule has 1 rings (SSSR count). The highest BCUT2D eigenvalue weighted by Crippen LogP contribution is 2.12. The van der Waals surface area contributed by atoms with Gasteiger partial charge in [-0.05, 0) is 25.0 Å². The number of halogens is 1. The summed E-state index contributed by atoms with van der Waals surface area (Å²) in [6.07, 6.45) is 1.86. The number of benzene rings is 1. The Morgan fingerprint density at radius 1 is 1.42 bits per heavy atom. The van der Waals surface area contributed by atoms with E-state index in [-0.39, 0.29) is 5.56 Å². The fourth-order valence-electron chi connectivity index (χ4n) is 1.72. The third-order valence-electron chi connectivity index (χ3n) is 2.89. The van der Waals surface area contributed by atoms with E-state index in [1.165, 1.54) is 6.07 Å². The average Bonchev–Trinajstić information content (AvgIpc) is 2.37. The van der Waals surface area contributed by atoms with Crippen LogP contribution in [0, 0.1) is 12.7 Å². The quantitative estimate of drug-likeness (QED) is 0.832. The predicted molar refractivity (Wildman–Crippen MR) is 69.6 cm³/mol. The van der Waals surface area contributed by atoms with Crippen molar-refractivity contribution in [2.75, 3.05) is 0 Å². The van der Waals surface area contributed by atoms with Gasteiger partial charge in [0.1, 0.15) is 11.9 Å². The monoisotopic (exact) mass is 267 g/mol. The summed E-state index contributed by atoms with van der Waals surface area (Å²) in [6.45, 7) is 3.48. The molecule has 0 saturated carbocycles. The standard InChI is InChI=1S/C14H18FNO3/c1-3-4-8-11(14(18)19)16-13(17)10-7-5-6-9(2)12(10)15/h5-7,11H,3-4,8H2,1-2H3,(H,16,17)(H,18,19)/t11-/m0/s1. The zero-order chi connectivity index (χ0) is 14.4. The minimum Gasteiger partial charge on any atom is -0.480 e. The second-order valence-electron chi connectivity index (χ2n) is 4.44. The second-order valence-corrected chi connectivity index (χ2v) is 4.44. The summed E-state index contributed by atoms with van der Waals surface area (Å²) < 4.78 is 13.7. The molecule has 2 N–H and O–H groups in total. The third-order valence-corrected chi connectivity index (χ3v) is 2.89. The van der Waals surface area contributed by atoms with Gasteiger partial charge in [-0.2, -0.15) is 0 Å². The normalized spacial score (nSPS) is 11.9. The van der Waals surface area contributed by atoms with Crippen LogP contribution in [0.3, 0.4) is 0 Å². The molecule has 5 heteroatoms. The number of aryl methyl sites for hydroxylation is 1. The van der Waals surface area contributed by atoms with Crippen molar-refractivity contribution >= 4 is 11.9 Å². The predicted octanol–water partition coefficient (Wildman–Crippen LogP) is 2.51. The molecule has 0 bridgehead atoms. The zero-order valence-electron chi connectivity index (χ0n) is 11.1. The van der Waals surface area contributed by atoms with Gasteiger partial charge in [0, 0.05) is 0 Å². The minimum absolute atomic E-state index is 0.122. The fraction of sp³-hybridized carbons (Fsp3) is 0.429. The molecule has 0 aliphatic carbocycles. The molecule has 0 aliphatic heterocycles. The summed E-state index contributed by atoms with van der Waals surface area (Å²) in [4.78, 5) is 22.9. The lowest BCUT2D eigenvalue weighted by Gasteiger charge is -2.14. The first-order valence-electron chi connectivity index (χ1n) is 6.26. The van der Waals surface area contributed by atoms with Crippen molar-refractivity contribution in [2.24, 2.45) is 0 Å². The van der Waals surface area contributed by atoms with E-state index >= 15 is 0 Å². The Balaban J connectivity index is 2.82. The summed E-state index contributed by atoms with van der Waals surface area (Å²) in [5, 5.41) is 11.4. The molecule has 1 amide bonds. The van der Waals surface area contributed by atoms with Crippen molar-refractivity contribution in [3.63, 3.8) is 0 Å². The van der Waals surface area contributed by atoms with Gasteiger partial charge in [0.15, 0.2) is 0 Å². The number of aliphatic carboxylic acids is 1. The maximum absolute atomic E-state index is 13.7. The van der Waals surface area contributed by atoms with Gasteiger partial charge in [0.2, 0.25) is 0 Å². The average molecular weight is 267 g/mol. The lowest BCUT2D eigenvalue weighted by molar-refractivity contribution is -0.139. The Labute approximate surface area is 111 Å². The third kappa shape index (κ3) is 4.05. The van der Waals surface area contributed by atoms with Crippen LogP contribution in [0.5, 0.6) is 0 Å². The van der Waals surface area contributed by atoms with Crippen LogP contribution in [0.2, 0.25) is 0 Å². The number of rotatable bonds is 6. The summed E-state index contributed by atoms with van der Waals surface area (Å²) in [5.74, 6) is -2.40. The first-order valence-corrected chi connectivity index (χ1v) is 6.26. The molecule has 0 radical (unpaired) electrons. The van der Waals surface area contributed by atoms with Crippen molar-refractivity contribution in [1.29, 1.82) is 0 Å². The van der Waals surface area contributed by atoms with Crippen LogP contribution in [0.1, 0.15) is 42.1 Å². The molecule has 19 heavy (non-hydrogen) atoms. The molecule has 0 fully saturated rings. The van der Waals surface area contributed by atoms with E-state index in [2.05, 4.69) is 5.32 Å². The second kappa shape index (κ2) is 6.87. The highest BCUT2D eigenvalue weighted by molar-refractivity contribution is 5.96. The molecule has 1 aromatic carbocycles. The van der Waals surface area contributed by atoms with Crippen LogP contribution in [0.4, 0.5) is 4.39 Å². The lowest BCUT2D eigenvalue weighted by Crippen LogP contribution is -2.41. The fourth-order valence-corrected chi connectivity index (χ4v) is 1.72. The molecule has 0 unspecified atom stereocenters. The van der Waals surface area contributed by atoms with Crippen molar-refractivity contribution in [3.8, 4) is 0 Å². The maximum Gasteiger partial charge on any atom is 0.326 e. The highest BCUT2D eigenvalue weighted by atomic mass is 19.1. The molecule has 1 aromatic rings. The summed E-state index contributed by atoms with van der Waals surface area (Å²) in [5.41, 5.74) is 0.232. The molecular weight excluding hydrogens is 249 g/mol. The van der Waals surface area contributed by atoms with Crippen LogP contribution in [-0.4, -0.2) is 23.0 Å². The Kier molecular flexibility index (Phi) is 5.48. The summed E-state index contributed by atoms with van der Waals surface area (Å²) in [7, 11) is 0. The molecule has 104 valence electrons. The van der Waals surface area contributed by atoms with Crippen molar-refractivity contribution in [1.82, 2.24) is 5.32 Å². The van der Waals surface area contributed by atoms with Crippen LogP contribution < -0.4 is 5.32 Å². The summed E-state index contributed by atoms with van der Waals surface area (Å²) in [6, 6.07) is 3.48. The number of carbonyl (C=O) groups is 2. The van der Waals surface area contributed by atoms with Gasteiger partial charge < -0.3 is 10.4 Å². The lowest BCUT2D eigenvalue weighted by atomic mass is 10.1. The van der Waals surface area contributed by atoms with Gasteiger partial charge in [0.25, 0.3) is 5.91 Å². The number of carbonyl (C=O) groups excluding carboxylic acids is 1. The molecule has 0 heterocycles. The van der Waals surface area contributed by atoms with Crippen LogP contribution in [0.25, 0.3) is 0 Å². The van der Waals surface area contributed by atoms with Crippen molar-refractivity contribution in [3.05, 3.63) is 35.1 Å². The Morgan fingerprint density at radius 3 is 2.68 bits per heavy atom. The van der Waals surface area contributed by atoms with Gasteiger partial charge in [-0.1, -0.05) is 31.9 Å². The van der Waals surface area contributed by atoms with Crippen LogP contribution >= 0.6 is 0 Å². The van der Waals surface area contributed by atoms with Crippen molar-refractivity contribution < 1.29 is 19.1 Å². The van der Waals surface area contributed by atoms with Crippen molar-refractivity contribution in [2.45, 2.75) is 39.2 Å². The minimum atomic E-state index is -1.10. The van der Waals surface area contributed by atoms with Gasteiger partial charge in [-0.25, -0.2) is 9.18 Å². The van der Waals surface area contributed by atoms with Gasteiger partial charge in [-0.15, -0.1) is 0 Å². The van der Waals surface area contributed by atoms with E-state index in [4.69, 9.17) is 5.11 Å². The molecule has 1 atom stereocenters. The largest absolute Gasteiger partial charge is 0.480 e. The first kappa shape index (κ1) is 15.1. The molecule has 4 nitrogen and oxygen atoms in total. The Bertz CT molecular complexity index is 474. The number of hydrogen-bond acceptors (Lipinski definition) is 2. The van der Waals surface area contributed by atoms with Gasteiger partial charge >= 0.3 is 5.97 Å². The molecule has 0 aliphatic rings.